The minimum atomic E-state index is -0.690. The Hall–Kier alpha value is -2.48. The molecule has 0 bridgehead atoms. The van der Waals surface area contributed by atoms with Crippen LogP contribution < -0.4 is 10.6 Å². The fourth-order valence-electron chi connectivity index (χ4n) is 3.03. The number of carbonyl (C=O) groups is 2. The summed E-state index contributed by atoms with van der Waals surface area (Å²) in [6, 6.07) is 9.50. The average Bonchev–Trinajstić information content (AvgIpc) is 3.33. The molecule has 0 saturated carbocycles. The van der Waals surface area contributed by atoms with Crippen LogP contribution in [0.5, 0.6) is 0 Å². The number of benzene rings is 1. The maximum Gasteiger partial charge on any atom is 0.313 e. The van der Waals surface area contributed by atoms with Gasteiger partial charge in [0.1, 0.15) is 6.10 Å². The van der Waals surface area contributed by atoms with Gasteiger partial charge in [0.25, 0.3) is 0 Å². The standard InChI is InChI=1S/C21H22N2O3S2/c1-12-8-13(2)18(14(3)9-12)23-21(26)20(25)22-10-16-4-5-17(28-16)19(24)15-6-7-27-11-15/h4-9,11,19,24H,10H2,1-3H3,(H,22,25)(H,23,26). The second kappa shape index (κ2) is 8.68. The summed E-state index contributed by atoms with van der Waals surface area (Å²) in [5.74, 6) is -1.38. The van der Waals surface area contributed by atoms with Crippen LogP contribution in [0.3, 0.4) is 0 Å². The van der Waals surface area contributed by atoms with Gasteiger partial charge in [-0.2, -0.15) is 11.3 Å². The first kappa shape index (κ1) is 20.3. The van der Waals surface area contributed by atoms with Gasteiger partial charge in [-0.3, -0.25) is 9.59 Å². The largest absolute Gasteiger partial charge is 0.383 e. The van der Waals surface area contributed by atoms with Crippen molar-refractivity contribution in [2.75, 3.05) is 5.32 Å². The number of rotatable bonds is 5. The van der Waals surface area contributed by atoms with E-state index in [4.69, 9.17) is 0 Å². The molecule has 0 aliphatic rings. The molecule has 2 heterocycles. The summed E-state index contributed by atoms with van der Waals surface area (Å²) in [5, 5.41) is 19.5. The van der Waals surface area contributed by atoms with E-state index in [-0.39, 0.29) is 6.54 Å². The van der Waals surface area contributed by atoms with E-state index in [9.17, 15) is 14.7 Å². The SMILES string of the molecule is Cc1cc(C)c(NC(=O)C(=O)NCc2ccc(C(O)c3ccsc3)s2)c(C)c1. The number of carbonyl (C=O) groups excluding carboxylic acids is 2. The topological polar surface area (TPSA) is 78.4 Å². The van der Waals surface area contributed by atoms with E-state index in [1.807, 2.05) is 61.9 Å². The molecular weight excluding hydrogens is 392 g/mol. The molecule has 28 heavy (non-hydrogen) atoms. The van der Waals surface area contributed by atoms with E-state index < -0.39 is 17.9 Å². The molecule has 0 aliphatic carbocycles. The van der Waals surface area contributed by atoms with Gasteiger partial charge < -0.3 is 15.7 Å². The van der Waals surface area contributed by atoms with Gasteiger partial charge in [-0.25, -0.2) is 0 Å². The number of thiophene rings is 2. The Kier molecular flexibility index (Phi) is 6.28. The third kappa shape index (κ3) is 4.67. The van der Waals surface area contributed by atoms with Gasteiger partial charge >= 0.3 is 11.8 Å². The molecular formula is C21H22N2O3S2. The number of aliphatic hydroxyl groups excluding tert-OH is 1. The Morgan fingerprint density at radius 1 is 1.07 bits per heavy atom. The van der Waals surface area contributed by atoms with Gasteiger partial charge in [-0.1, -0.05) is 17.7 Å². The fraction of sp³-hybridized carbons (Fsp3) is 0.238. The van der Waals surface area contributed by atoms with Crippen LogP contribution in [-0.4, -0.2) is 16.9 Å². The van der Waals surface area contributed by atoms with Crippen molar-refractivity contribution in [1.29, 1.82) is 0 Å². The lowest BCUT2D eigenvalue weighted by atomic mass is 10.1. The Balaban J connectivity index is 1.58. The monoisotopic (exact) mass is 414 g/mol. The number of aliphatic hydroxyl groups is 1. The summed E-state index contributed by atoms with van der Waals surface area (Å²) < 4.78 is 0. The molecule has 0 radical (unpaired) electrons. The molecule has 1 unspecified atom stereocenters. The maximum absolute atomic E-state index is 12.2. The van der Waals surface area contributed by atoms with Crippen LogP contribution in [0.25, 0.3) is 0 Å². The van der Waals surface area contributed by atoms with Gasteiger partial charge in [-0.15, -0.1) is 11.3 Å². The van der Waals surface area contributed by atoms with E-state index in [0.717, 1.165) is 32.0 Å². The predicted octanol–water partition coefficient (Wildman–Crippen LogP) is 4.07. The van der Waals surface area contributed by atoms with Crippen LogP contribution in [0, 0.1) is 20.8 Å². The van der Waals surface area contributed by atoms with E-state index >= 15 is 0 Å². The summed E-state index contributed by atoms with van der Waals surface area (Å²) in [5.41, 5.74) is 4.47. The van der Waals surface area contributed by atoms with Crippen molar-refractivity contribution in [3.8, 4) is 0 Å². The zero-order valence-electron chi connectivity index (χ0n) is 15.9. The molecule has 0 fully saturated rings. The third-order valence-electron chi connectivity index (χ3n) is 4.36. The number of amides is 2. The minimum absolute atomic E-state index is 0.235. The lowest BCUT2D eigenvalue weighted by molar-refractivity contribution is -0.136. The van der Waals surface area contributed by atoms with Crippen LogP contribution >= 0.6 is 22.7 Å². The molecule has 1 atom stereocenters. The van der Waals surface area contributed by atoms with Crippen molar-refractivity contribution in [2.24, 2.45) is 0 Å². The summed E-state index contributed by atoms with van der Waals surface area (Å²) in [7, 11) is 0. The highest BCUT2D eigenvalue weighted by molar-refractivity contribution is 7.12. The van der Waals surface area contributed by atoms with E-state index in [0.29, 0.717) is 5.69 Å². The molecule has 146 valence electrons. The van der Waals surface area contributed by atoms with Gasteiger partial charge in [-0.05, 0) is 66.4 Å². The lowest BCUT2D eigenvalue weighted by Gasteiger charge is -2.12. The Labute approximate surface area is 172 Å². The van der Waals surface area contributed by atoms with Crippen molar-refractivity contribution in [3.63, 3.8) is 0 Å². The molecule has 3 rings (SSSR count). The van der Waals surface area contributed by atoms with Crippen molar-refractivity contribution in [3.05, 3.63) is 73.1 Å². The van der Waals surface area contributed by atoms with E-state index in [2.05, 4.69) is 10.6 Å². The summed E-state index contributed by atoms with van der Waals surface area (Å²) >= 11 is 2.94. The van der Waals surface area contributed by atoms with E-state index in [1.165, 1.54) is 22.7 Å². The van der Waals surface area contributed by atoms with Crippen LogP contribution in [0.2, 0.25) is 0 Å². The zero-order chi connectivity index (χ0) is 20.3. The maximum atomic E-state index is 12.2. The first-order chi connectivity index (χ1) is 13.3. The highest BCUT2D eigenvalue weighted by Crippen LogP contribution is 2.29. The first-order valence-corrected chi connectivity index (χ1v) is 10.6. The Morgan fingerprint density at radius 2 is 1.79 bits per heavy atom. The number of nitrogens with one attached hydrogen (secondary N) is 2. The smallest absolute Gasteiger partial charge is 0.313 e. The number of hydrogen-bond donors (Lipinski definition) is 3. The van der Waals surface area contributed by atoms with Gasteiger partial charge in [0, 0.05) is 15.4 Å². The van der Waals surface area contributed by atoms with Gasteiger partial charge in [0.05, 0.1) is 6.54 Å². The van der Waals surface area contributed by atoms with E-state index in [1.54, 1.807) is 0 Å². The molecule has 0 saturated heterocycles. The van der Waals surface area contributed by atoms with Crippen molar-refractivity contribution >= 4 is 40.2 Å². The highest BCUT2D eigenvalue weighted by atomic mass is 32.1. The Bertz CT molecular complexity index is 970. The first-order valence-electron chi connectivity index (χ1n) is 8.81. The number of aryl methyl sites for hydroxylation is 3. The minimum Gasteiger partial charge on any atom is -0.383 e. The van der Waals surface area contributed by atoms with Gasteiger partial charge in [0.15, 0.2) is 0 Å². The normalized spacial score (nSPS) is 11.9. The number of anilines is 1. The molecule has 2 aromatic heterocycles. The Morgan fingerprint density at radius 3 is 2.43 bits per heavy atom. The average molecular weight is 415 g/mol. The van der Waals surface area contributed by atoms with Crippen molar-refractivity contribution in [2.45, 2.75) is 33.4 Å². The fourth-order valence-corrected chi connectivity index (χ4v) is 4.67. The lowest BCUT2D eigenvalue weighted by Crippen LogP contribution is -2.35. The van der Waals surface area contributed by atoms with Crippen LogP contribution in [0.4, 0.5) is 5.69 Å². The molecule has 3 aromatic rings. The highest BCUT2D eigenvalue weighted by Gasteiger charge is 2.17. The van der Waals surface area contributed by atoms with Crippen molar-refractivity contribution < 1.29 is 14.7 Å². The molecule has 0 spiro atoms. The summed E-state index contributed by atoms with van der Waals surface area (Å²) in [4.78, 5) is 26.1. The van der Waals surface area contributed by atoms with Crippen LogP contribution in [-0.2, 0) is 16.1 Å². The molecule has 3 N–H and O–H groups in total. The van der Waals surface area contributed by atoms with Crippen molar-refractivity contribution in [1.82, 2.24) is 5.32 Å². The molecule has 0 aliphatic heterocycles. The zero-order valence-corrected chi connectivity index (χ0v) is 17.5. The molecule has 5 nitrogen and oxygen atoms in total. The summed E-state index contributed by atoms with van der Waals surface area (Å²) in [6.45, 7) is 6.03. The molecule has 1 aromatic carbocycles. The van der Waals surface area contributed by atoms with Crippen LogP contribution in [0.1, 0.15) is 38.1 Å². The van der Waals surface area contributed by atoms with Crippen LogP contribution in [0.15, 0.2) is 41.1 Å². The molecule has 7 heteroatoms. The third-order valence-corrected chi connectivity index (χ3v) is 6.19. The summed E-state index contributed by atoms with van der Waals surface area (Å²) in [6.07, 6.45) is -0.670. The quantitative estimate of drug-likeness (QED) is 0.551. The van der Waals surface area contributed by atoms with Gasteiger partial charge in [0.2, 0.25) is 0 Å². The number of hydrogen-bond acceptors (Lipinski definition) is 5. The second-order valence-electron chi connectivity index (χ2n) is 6.67. The molecule has 2 amide bonds. The predicted molar refractivity (Wildman–Crippen MR) is 114 cm³/mol. The second-order valence-corrected chi connectivity index (χ2v) is 8.65.